The number of benzene rings is 2. The first-order valence-corrected chi connectivity index (χ1v) is 9.60. The summed E-state index contributed by atoms with van der Waals surface area (Å²) < 4.78 is 5.63. The van der Waals surface area contributed by atoms with Crippen LogP contribution < -0.4 is 10.2 Å². The SMILES string of the molecule is CC(=O)N1CCCc2cc(NC(=O)Cc3coc4cc(C)c(C)cc34)ccc21. The van der Waals surface area contributed by atoms with Gasteiger partial charge in [0.05, 0.1) is 12.7 Å². The predicted octanol–water partition coefficient (Wildman–Crippen LogP) is 4.53. The number of rotatable bonds is 3. The van der Waals surface area contributed by atoms with Crippen LogP contribution in [0, 0.1) is 13.8 Å². The second-order valence-electron chi connectivity index (χ2n) is 7.54. The van der Waals surface area contributed by atoms with Gasteiger partial charge in [-0.05, 0) is 73.7 Å². The molecular weight excluding hydrogens is 352 g/mol. The van der Waals surface area contributed by atoms with E-state index in [2.05, 4.69) is 18.3 Å². The van der Waals surface area contributed by atoms with E-state index in [0.717, 1.165) is 52.9 Å². The lowest BCUT2D eigenvalue weighted by molar-refractivity contribution is -0.117. The molecule has 1 N–H and O–H groups in total. The van der Waals surface area contributed by atoms with Gasteiger partial charge in [-0.15, -0.1) is 0 Å². The van der Waals surface area contributed by atoms with Crippen LogP contribution in [0.2, 0.25) is 0 Å². The number of nitrogens with one attached hydrogen (secondary N) is 1. The van der Waals surface area contributed by atoms with E-state index in [1.165, 1.54) is 11.1 Å². The average Bonchev–Trinajstić information content (AvgIpc) is 3.02. The molecule has 0 atom stereocenters. The van der Waals surface area contributed by atoms with E-state index in [-0.39, 0.29) is 18.2 Å². The molecule has 28 heavy (non-hydrogen) atoms. The molecule has 1 aliphatic heterocycles. The fourth-order valence-electron chi connectivity index (χ4n) is 3.85. The molecular formula is C23H24N2O3. The van der Waals surface area contributed by atoms with Crippen molar-refractivity contribution in [1.29, 1.82) is 0 Å². The molecule has 2 amide bonds. The number of aryl methyl sites for hydroxylation is 3. The minimum Gasteiger partial charge on any atom is -0.464 e. The van der Waals surface area contributed by atoms with Gasteiger partial charge in [-0.1, -0.05) is 0 Å². The second kappa shape index (κ2) is 7.15. The van der Waals surface area contributed by atoms with Crippen molar-refractivity contribution in [2.24, 2.45) is 0 Å². The lowest BCUT2D eigenvalue weighted by Crippen LogP contribution is -2.33. The molecule has 0 unspecified atom stereocenters. The Hall–Kier alpha value is -3.08. The third-order valence-electron chi connectivity index (χ3n) is 5.48. The number of hydrogen-bond donors (Lipinski definition) is 1. The second-order valence-corrected chi connectivity index (χ2v) is 7.54. The summed E-state index contributed by atoms with van der Waals surface area (Å²) in [5.41, 5.74) is 6.85. The number of anilines is 2. The fraction of sp³-hybridized carbons (Fsp3) is 0.304. The first-order chi connectivity index (χ1) is 13.4. The number of carbonyl (C=O) groups is 2. The number of fused-ring (bicyclic) bond motifs is 2. The molecule has 0 saturated heterocycles. The normalized spacial score (nSPS) is 13.5. The Morgan fingerprint density at radius 2 is 1.93 bits per heavy atom. The van der Waals surface area contributed by atoms with Crippen LogP contribution in [-0.4, -0.2) is 18.4 Å². The first kappa shape index (κ1) is 18.3. The van der Waals surface area contributed by atoms with E-state index in [9.17, 15) is 9.59 Å². The summed E-state index contributed by atoms with van der Waals surface area (Å²) in [5.74, 6) is -0.0322. The average molecular weight is 376 g/mol. The minimum atomic E-state index is -0.0832. The Bertz CT molecular complexity index is 1080. The van der Waals surface area contributed by atoms with Crippen LogP contribution in [-0.2, 0) is 22.4 Å². The van der Waals surface area contributed by atoms with Crippen molar-refractivity contribution >= 4 is 34.2 Å². The summed E-state index contributed by atoms with van der Waals surface area (Å²) in [7, 11) is 0. The minimum absolute atomic E-state index is 0.0510. The van der Waals surface area contributed by atoms with E-state index in [0.29, 0.717) is 0 Å². The van der Waals surface area contributed by atoms with Gasteiger partial charge in [0.2, 0.25) is 11.8 Å². The van der Waals surface area contributed by atoms with E-state index < -0.39 is 0 Å². The standard InChI is InChI=1S/C23H24N2O3/c1-14-9-20-18(13-28-22(20)10-15(14)2)12-23(27)24-19-6-7-21-17(11-19)5-4-8-25(21)16(3)26/h6-7,9-11,13H,4-5,8,12H2,1-3H3,(H,24,27). The predicted molar refractivity (Wildman–Crippen MR) is 111 cm³/mol. The van der Waals surface area contributed by atoms with Crippen molar-refractivity contribution in [3.05, 3.63) is 58.8 Å². The lowest BCUT2D eigenvalue weighted by Gasteiger charge is -2.29. The number of nitrogens with zero attached hydrogens (tertiary/aromatic N) is 1. The zero-order valence-corrected chi connectivity index (χ0v) is 16.5. The number of hydrogen-bond acceptors (Lipinski definition) is 3. The Kier molecular flexibility index (Phi) is 4.67. The Labute approximate surface area is 164 Å². The van der Waals surface area contributed by atoms with E-state index >= 15 is 0 Å². The molecule has 144 valence electrons. The molecule has 3 aromatic rings. The van der Waals surface area contributed by atoms with E-state index in [4.69, 9.17) is 4.42 Å². The van der Waals surface area contributed by atoms with Crippen LogP contribution in [0.4, 0.5) is 11.4 Å². The van der Waals surface area contributed by atoms with Crippen LogP contribution in [0.3, 0.4) is 0 Å². The highest BCUT2D eigenvalue weighted by molar-refractivity contribution is 5.97. The summed E-state index contributed by atoms with van der Waals surface area (Å²) in [6.07, 6.45) is 3.77. The van der Waals surface area contributed by atoms with Crippen LogP contribution in [0.25, 0.3) is 11.0 Å². The summed E-state index contributed by atoms with van der Waals surface area (Å²) in [6.45, 7) is 6.44. The van der Waals surface area contributed by atoms with Gasteiger partial charge in [-0.3, -0.25) is 9.59 Å². The maximum Gasteiger partial charge on any atom is 0.228 e. The van der Waals surface area contributed by atoms with Gasteiger partial charge in [0.1, 0.15) is 5.58 Å². The molecule has 0 saturated carbocycles. The zero-order valence-electron chi connectivity index (χ0n) is 16.5. The number of carbonyl (C=O) groups excluding carboxylic acids is 2. The van der Waals surface area contributed by atoms with Gasteiger partial charge in [-0.2, -0.15) is 0 Å². The molecule has 1 aliphatic rings. The summed E-state index contributed by atoms with van der Waals surface area (Å²) in [4.78, 5) is 26.2. The Morgan fingerprint density at radius 3 is 2.71 bits per heavy atom. The topological polar surface area (TPSA) is 62.6 Å². The quantitative estimate of drug-likeness (QED) is 0.730. The summed E-state index contributed by atoms with van der Waals surface area (Å²) in [6, 6.07) is 9.84. The maximum atomic E-state index is 12.6. The zero-order chi connectivity index (χ0) is 19.8. The monoisotopic (exact) mass is 376 g/mol. The third-order valence-corrected chi connectivity index (χ3v) is 5.48. The molecule has 0 aliphatic carbocycles. The molecule has 0 fully saturated rings. The molecule has 5 heteroatoms. The summed E-state index contributed by atoms with van der Waals surface area (Å²) >= 11 is 0. The molecule has 2 aromatic carbocycles. The van der Waals surface area contributed by atoms with Gasteiger partial charge < -0.3 is 14.6 Å². The molecule has 5 nitrogen and oxygen atoms in total. The number of furan rings is 1. The first-order valence-electron chi connectivity index (χ1n) is 9.60. The highest BCUT2D eigenvalue weighted by Gasteiger charge is 2.20. The van der Waals surface area contributed by atoms with Crippen LogP contribution in [0.15, 0.2) is 41.0 Å². The lowest BCUT2D eigenvalue weighted by atomic mass is 10.0. The van der Waals surface area contributed by atoms with Crippen LogP contribution in [0.5, 0.6) is 0 Å². The molecule has 1 aromatic heterocycles. The van der Waals surface area contributed by atoms with Crippen molar-refractivity contribution in [3.63, 3.8) is 0 Å². The Balaban J connectivity index is 1.52. The smallest absolute Gasteiger partial charge is 0.228 e. The fourth-order valence-corrected chi connectivity index (χ4v) is 3.85. The van der Waals surface area contributed by atoms with Crippen LogP contribution >= 0.6 is 0 Å². The van der Waals surface area contributed by atoms with Gasteiger partial charge in [0.15, 0.2) is 0 Å². The van der Waals surface area contributed by atoms with Crippen molar-refractivity contribution in [1.82, 2.24) is 0 Å². The van der Waals surface area contributed by atoms with Gasteiger partial charge in [-0.25, -0.2) is 0 Å². The van der Waals surface area contributed by atoms with Gasteiger partial charge in [0, 0.05) is 35.8 Å². The number of amides is 2. The van der Waals surface area contributed by atoms with E-state index in [1.807, 2.05) is 31.2 Å². The molecule has 0 spiro atoms. The van der Waals surface area contributed by atoms with Crippen molar-refractivity contribution in [2.75, 3.05) is 16.8 Å². The maximum absolute atomic E-state index is 12.6. The van der Waals surface area contributed by atoms with Crippen molar-refractivity contribution in [2.45, 2.75) is 40.0 Å². The summed E-state index contributed by atoms with van der Waals surface area (Å²) in [5, 5.41) is 3.97. The molecule has 0 radical (unpaired) electrons. The van der Waals surface area contributed by atoms with Crippen LogP contribution in [0.1, 0.15) is 35.6 Å². The molecule has 2 heterocycles. The Morgan fingerprint density at radius 1 is 1.14 bits per heavy atom. The molecule has 4 rings (SSSR count). The van der Waals surface area contributed by atoms with Gasteiger partial charge >= 0.3 is 0 Å². The molecule has 0 bridgehead atoms. The third kappa shape index (κ3) is 3.40. The highest BCUT2D eigenvalue weighted by atomic mass is 16.3. The highest BCUT2D eigenvalue weighted by Crippen LogP contribution is 2.30. The largest absolute Gasteiger partial charge is 0.464 e. The van der Waals surface area contributed by atoms with E-state index in [1.54, 1.807) is 18.1 Å². The van der Waals surface area contributed by atoms with Crippen molar-refractivity contribution in [3.8, 4) is 0 Å². The van der Waals surface area contributed by atoms with Gasteiger partial charge in [0.25, 0.3) is 0 Å². The van der Waals surface area contributed by atoms with Crippen molar-refractivity contribution < 1.29 is 14.0 Å².